The van der Waals surface area contributed by atoms with Gasteiger partial charge in [0.2, 0.25) is 0 Å². The molecule has 0 saturated heterocycles. The number of carbonyl (C=O) groups is 1. The number of amides is 1. The number of halogens is 3. The van der Waals surface area contributed by atoms with Crippen molar-refractivity contribution >= 4 is 5.91 Å². The van der Waals surface area contributed by atoms with Crippen molar-refractivity contribution in [2.75, 3.05) is 6.54 Å². The second-order valence-corrected chi connectivity index (χ2v) is 8.32. The second-order valence-electron chi connectivity index (χ2n) is 8.32. The number of aryl methyl sites for hydroxylation is 2. The standard InChI is InChI=1S/C22H22F3N5O/c1-28-20(12-4-3-5-12)15(10-26-28)22(31)30-7-6-14-18(11-30)27-29(2)21(14)13-8-16(23)19(25)17(24)9-13/h8-10,12H,3-7,11H2,1-2H3. The van der Waals surface area contributed by atoms with Crippen molar-refractivity contribution in [3.63, 3.8) is 0 Å². The average molecular weight is 429 g/mol. The van der Waals surface area contributed by atoms with Crippen molar-refractivity contribution in [1.29, 1.82) is 0 Å². The minimum Gasteiger partial charge on any atom is -0.332 e. The Kier molecular flexibility index (Phi) is 4.64. The number of fused-ring (bicyclic) bond motifs is 1. The quantitative estimate of drug-likeness (QED) is 0.597. The van der Waals surface area contributed by atoms with Gasteiger partial charge in [0.05, 0.1) is 35.4 Å². The third kappa shape index (κ3) is 3.14. The Balaban J connectivity index is 1.45. The summed E-state index contributed by atoms with van der Waals surface area (Å²) in [6.45, 7) is 0.753. The Hall–Kier alpha value is -3.10. The van der Waals surface area contributed by atoms with Gasteiger partial charge >= 0.3 is 0 Å². The molecule has 1 amide bonds. The molecule has 2 aromatic heterocycles. The van der Waals surface area contributed by atoms with Crippen LogP contribution in [0.15, 0.2) is 18.3 Å². The number of hydrogen-bond acceptors (Lipinski definition) is 3. The van der Waals surface area contributed by atoms with Crippen LogP contribution in [0.4, 0.5) is 13.2 Å². The van der Waals surface area contributed by atoms with Gasteiger partial charge in [-0.1, -0.05) is 6.42 Å². The van der Waals surface area contributed by atoms with Crippen LogP contribution >= 0.6 is 0 Å². The summed E-state index contributed by atoms with van der Waals surface area (Å²) in [7, 11) is 3.54. The first-order chi connectivity index (χ1) is 14.8. The highest BCUT2D eigenvalue weighted by atomic mass is 19.2. The van der Waals surface area contributed by atoms with E-state index in [2.05, 4.69) is 10.2 Å². The van der Waals surface area contributed by atoms with E-state index in [1.165, 1.54) is 4.68 Å². The van der Waals surface area contributed by atoms with Crippen molar-refractivity contribution < 1.29 is 18.0 Å². The van der Waals surface area contributed by atoms with Gasteiger partial charge in [0.1, 0.15) is 0 Å². The highest BCUT2D eigenvalue weighted by Crippen LogP contribution is 2.38. The van der Waals surface area contributed by atoms with E-state index in [0.717, 1.165) is 42.7 Å². The highest BCUT2D eigenvalue weighted by molar-refractivity contribution is 5.95. The van der Waals surface area contributed by atoms with Crippen LogP contribution in [0.2, 0.25) is 0 Å². The van der Waals surface area contributed by atoms with Gasteiger partial charge in [0.25, 0.3) is 5.91 Å². The van der Waals surface area contributed by atoms with Crippen molar-refractivity contribution in [3.8, 4) is 11.3 Å². The molecule has 3 heterocycles. The average Bonchev–Trinajstić information content (AvgIpc) is 3.23. The van der Waals surface area contributed by atoms with E-state index in [1.54, 1.807) is 22.8 Å². The zero-order valence-corrected chi connectivity index (χ0v) is 17.3. The van der Waals surface area contributed by atoms with Crippen LogP contribution in [-0.2, 0) is 27.1 Å². The SMILES string of the molecule is Cn1nc2c(c1-c1cc(F)c(F)c(F)c1)CCN(C(=O)c1cnn(C)c1C1CCC1)C2. The van der Waals surface area contributed by atoms with Gasteiger partial charge in [-0.2, -0.15) is 10.2 Å². The number of benzene rings is 1. The van der Waals surface area contributed by atoms with Crippen LogP contribution in [0.5, 0.6) is 0 Å². The molecule has 1 aliphatic heterocycles. The number of rotatable bonds is 3. The molecule has 0 atom stereocenters. The van der Waals surface area contributed by atoms with E-state index < -0.39 is 17.5 Å². The largest absolute Gasteiger partial charge is 0.332 e. The van der Waals surface area contributed by atoms with Crippen LogP contribution in [0.1, 0.15) is 52.5 Å². The van der Waals surface area contributed by atoms with Gasteiger partial charge in [0, 0.05) is 37.7 Å². The topological polar surface area (TPSA) is 56.0 Å². The molecular formula is C22H22F3N5O. The molecule has 0 N–H and O–H groups in total. The number of hydrogen-bond donors (Lipinski definition) is 0. The third-order valence-electron chi connectivity index (χ3n) is 6.45. The summed E-state index contributed by atoms with van der Waals surface area (Å²) in [6, 6.07) is 1.96. The molecule has 0 unspecified atom stereocenters. The van der Waals surface area contributed by atoms with Crippen LogP contribution < -0.4 is 0 Å². The fraction of sp³-hybridized carbons (Fsp3) is 0.409. The van der Waals surface area contributed by atoms with Crippen LogP contribution in [0.25, 0.3) is 11.3 Å². The van der Waals surface area contributed by atoms with Gasteiger partial charge < -0.3 is 4.90 Å². The molecule has 1 aromatic carbocycles. The van der Waals surface area contributed by atoms with E-state index >= 15 is 0 Å². The molecule has 6 nitrogen and oxygen atoms in total. The lowest BCUT2D eigenvalue weighted by Crippen LogP contribution is -2.36. The normalized spacial score (nSPS) is 16.4. The molecule has 0 radical (unpaired) electrons. The van der Waals surface area contributed by atoms with Crippen molar-refractivity contribution in [2.45, 2.75) is 38.1 Å². The van der Waals surface area contributed by atoms with Crippen LogP contribution in [0, 0.1) is 17.5 Å². The van der Waals surface area contributed by atoms with Gasteiger partial charge in [0.15, 0.2) is 17.5 Å². The monoisotopic (exact) mass is 429 g/mol. The second kappa shape index (κ2) is 7.25. The van der Waals surface area contributed by atoms with Gasteiger partial charge in [-0.25, -0.2) is 13.2 Å². The molecule has 31 heavy (non-hydrogen) atoms. The van der Waals surface area contributed by atoms with Gasteiger partial charge in [-0.15, -0.1) is 0 Å². The van der Waals surface area contributed by atoms with Crippen LogP contribution in [-0.4, -0.2) is 36.9 Å². The molecule has 1 saturated carbocycles. The Bertz CT molecular complexity index is 1170. The highest BCUT2D eigenvalue weighted by Gasteiger charge is 2.33. The first-order valence-corrected chi connectivity index (χ1v) is 10.4. The lowest BCUT2D eigenvalue weighted by atomic mass is 9.81. The van der Waals surface area contributed by atoms with Crippen molar-refractivity contribution in [3.05, 3.63) is 58.3 Å². The zero-order chi connectivity index (χ0) is 21.9. The molecule has 2 aliphatic rings. The van der Waals surface area contributed by atoms with Crippen molar-refractivity contribution in [1.82, 2.24) is 24.5 Å². The minimum atomic E-state index is -1.49. The zero-order valence-electron chi connectivity index (χ0n) is 17.3. The maximum Gasteiger partial charge on any atom is 0.257 e. The molecule has 1 fully saturated rings. The first-order valence-electron chi connectivity index (χ1n) is 10.4. The molecule has 5 rings (SSSR count). The Morgan fingerprint density at radius 2 is 1.81 bits per heavy atom. The predicted octanol–water partition coefficient (Wildman–Crippen LogP) is 3.70. The summed E-state index contributed by atoms with van der Waals surface area (Å²) in [5, 5.41) is 8.80. The summed E-state index contributed by atoms with van der Waals surface area (Å²) in [6.07, 6.45) is 5.43. The summed E-state index contributed by atoms with van der Waals surface area (Å²) < 4.78 is 44.3. The van der Waals surface area contributed by atoms with Gasteiger partial charge in [-0.3, -0.25) is 14.2 Å². The third-order valence-corrected chi connectivity index (χ3v) is 6.45. The molecule has 162 valence electrons. The Morgan fingerprint density at radius 3 is 2.45 bits per heavy atom. The number of carbonyl (C=O) groups excluding carboxylic acids is 1. The summed E-state index contributed by atoms with van der Waals surface area (Å²) >= 11 is 0. The van der Waals surface area contributed by atoms with Gasteiger partial charge in [-0.05, 0) is 31.4 Å². The number of nitrogens with zero attached hydrogens (tertiary/aromatic N) is 5. The molecule has 0 bridgehead atoms. The molecular weight excluding hydrogens is 407 g/mol. The fourth-order valence-corrected chi connectivity index (χ4v) is 4.69. The molecule has 9 heteroatoms. The van der Waals surface area contributed by atoms with Crippen LogP contribution in [0.3, 0.4) is 0 Å². The van der Waals surface area contributed by atoms with E-state index in [0.29, 0.717) is 42.4 Å². The Morgan fingerprint density at radius 1 is 1.10 bits per heavy atom. The lowest BCUT2D eigenvalue weighted by Gasteiger charge is -2.29. The molecule has 0 spiro atoms. The predicted molar refractivity (Wildman–Crippen MR) is 107 cm³/mol. The summed E-state index contributed by atoms with van der Waals surface area (Å²) in [4.78, 5) is 15.0. The molecule has 3 aromatic rings. The fourth-order valence-electron chi connectivity index (χ4n) is 4.69. The van der Waals surface area contributed by atoms with E-state index in [9.17, 15) is 18.0 Å². The van der Waals surface area contributed by atoms with E-state index in [4.69, 9.17) is 0 Å². The molecule has 1 aliphatic carbocycles. The first kappa shape index (κ1) is 19.8. The number of aromatic nitrogens is 4. The van der Waals surface area contributed by atoms with Crippen molar-refractivity contribution in [2.24, 2.45) is 14.1 Å². The van der Waals surface area contributed by atoms with E-state index in [1.807, 2.05) is 7.05 Å². The summed E-state index contributed by atoms with van der Waals surface area (Å²) in [5.41, 5.74) is 3.89. The lowest BCUT2D eigenvalue weighted by molar-refractivity contribution is 0.0729. The maximum absolute atomic E-state index is 13.8. The minimum absolute atomic E-state index is 0.0771. The smallest absolute Gasteiger partial charge is 0.257 e. The summed E-state index contributed by atoms with van der Waals surface area (Å²) in [5.74, 6) is -3.67. The maximum atomic E-state index is 13.8. The van der Waals surface area contributed by atoms with E-state index in [-0.39, 0.29) is 11.5 Å². The Labute approximate surface area is 177 Å².